The molecule has 0 bridgehead atoms. The van der Waals surface area contributed by atoms with E-state index in [1.165, 1.54) is 42.3 Å². The smallest absolute Gasteiger partial charge is 0.268 e. The fraction of sp³-hybridized carbons (Fsp3) is 0.211. The van der Waals surface area contributed by atoms with Crippen molar-refractivity contribution in [3.05, 3.63) is 65.5 Å². The minimum absolute atomic E-state index is 0.0162. The van der Waals surface area contributed by atoms with E-state index in [-0.39, 0.29) is 17.7 Å². The van der Waals surface area contributed by atoms with Crippen LogP contribution in [0.2, 0.25) is 0 Å². The number of nitrogens with zero attached hydrogens (tertiary/aromatic N) is 2. The molecule has 2 amide bonds. The molecule has 1 heterocycles. The van der Waals surface area contributed by atoms with Crippen LogP contribution in [0.5, 0.6) is 0 Å². The van der Waals surface area contributed by atoms with Crippen molar-refractivity contribution in [3.63, 3.8) is 0 Å². The zero-order chi connectivity index (χ0) is 20.4. The summed E-state index contributed by atoms with van der Waals surface area (Å²) in [6.45, 7) is 1.53. The Hall–Kier alpha value is -3.36. The van der Waals surface area contributed by atoms with E-state index in [1.807, 2.05) is 0 Å². The number of amides is 2. The molecule has 3 rings (SSSR count). The SMILES string of the molecule is CC(NC(=O)C1=NN(c2ccc(F)cc2)C(C(N)=O)C1)c1ccc(F)cc1F. The van der Waals surface area contributed by atoms with E-state index in [1.54, 1.807) is 0 Å². The molecule has 0 aliphatic carbocycles. The molecule has 2 aromatic carbocycles. The number of rotatable bonds is 5. The fourth-order valence-electron chi connectivity index (χ4n) is 2.91. The summed E-state index contributed by atoms with van der Waals surface area (Å²) in [6.07, 6.45) is -0.0584. The molecule has 0 spiro atoms. The van der Waals surface area contributed by atoms with Gasteiger partial charge in [-0.05, 0) is 37.3 Å². The standard InChI is InChI=1S/C19H17F3N4O2/c1-10(14-7-4-12(21)8-15(14)22)24-19(28)16-9-17(18(23)27)26(25-16)13-5-2-11(20)3-6-13/h2-8,10,17H,9H2,1H3,(H2,23,27)(H,24,28). The summed E-state index contributed by atoms with van der Waals surface area (Å²) in [4.78, 5) is 24.3. The highest BCUT2D eigenvalue weighted by Crippen LogP contribution is 2.25. The van der Waals surface area contributed by atoms with Crippen LogP contribution >= 0.6 is 0 Å². The Morgan fingerprint density at radius 3 is 2.39 bits per heavy atom. The van der Waals surface area contributed by atoms with Gasteiger partial charge in [-0.1, -0.05) is 6.07 Å². The zero-order valence-electron chi connectivity index (χ0n) is 14.8. The van der Waals surface area contributed by atoms with Gasteiger partial charge in [0.15, 0.2) is 0 Å². The highest BCUT2D eigenvalue weighted by Gasteiger charge is 2.35. The Morgan fingerprint density at radius 1 is 1.14 bits per heavy atom. The Balaban J connectivity index is 1.79. The lowest BCUT2D eigenvalue weighted by atomic mass is 10.1. The Kier molecular flexibility index (Phi) is 5.34. The third kappa shape index (κ3) is 3.98. The molecular formula is C19H17F3N4O2. The first kappa shape index (κ1) is 19.4. The highest BCUT2D eigenvalue weighted by atomic mass is 19.1. The van der Waals surface area contributed by atoms with Crippen LogP contribution in [0.15, 0.2) is 47.6 Å². The van der Waals surface area contributed by atoms with Crippen LogP contribution in [0.25, 0.3) is 0 Å². The van der Waals surface area contributed by atoms with E-state index < -0.39 is 41.3 Å². The largest absolute Gasteiger partial charge is 0.368 e. The van der Waals surface area contributed by atoms with Gasteiger partial charge in [-0.25, -0.2) is 13.2 Å². The van der Waals surface area contributed by atoms with Gasteiger partial charge in [0, 0.05) is 18.1 Å². The van der Waals surface area contributed by atoms with Crippen molar-refractivity contribution in [1.29, 1.82) is 0 Å². The number of halogens is 3. The van der Waals surface area contributed by atoms with Crippen LogP contribution in [0, 0.1) is 17.5 Å². The van der Waals surface area contributed by atoms with Crippen LogP contribution in [0.1, 0.15) is 24.9 Å². The molecule has 3 N–H and O–H groups in total. The molecule has 0 fully saturated rings. The summed E-state index contributed by atoms with van der Waals surface area (Å²) in [5, 5.41) is 7.95. The van der Waals surface area contributed by atoms with Gasteiger partial charge in [-0.2, -0.15) is 5.10 Å². The number of benzene rings is 2. The summed E-state index contributed by atoms with van der Waals surface area (Å²) in [5.74, 6) is -3.29. The first-order valence-electron chi connectivity index (χ1n) is 8.43. The molecule has 2 atom stereocenters. The van der Waals surface area contributed by atoms with Crippen molar-refractivity contribution < 1.29 is 22.8 Å². The molecule has 9 heteroatoms. The van der Waals surface area contributed by atoms with Crippen LogP contribution in [-0.4, -0.2) is 23.6 Å². The second-order valence-electron chi connectivity index (χ2n) is 6.35. The van der Waals surface area contributed by atoms with Gasteiger partial charge in [0.2, 0.25) is 5.91 Å². The maximum absolute atomic E-state index is 13.9. The second kappa shape index (κ2) is 7.71. The van der Waals surface area contributed by atoms with Crippen molar-refractivity contribution in [1.82, 2.24) is 5.32 Å². The van der Waals surface area contributed by atoms with Gasteiger partial charge in [-0.3, -0.25) is 14.6 Å². The minimum Gasteiger partial charge on any atom is -0.368 e. The summed E-state index contributed by atoms with van der Waals surface area (Å²) in [7, 11) is 0. The number of primary amides is 1. The highest BCUT2D eigenvalue weighted by molar-refractivity contribution is 6.40. The predicted octanol–water partition coefficient (Wildman–Crippen LogP) is 2.40. The number of hydrazone groups is 1. The molecule has 0 saturated carbocycles. The van der Waals surface area contributed by atoms with Gasteiger partial charge in [0.1, 0.15) is 29.2 Å². The molecule has 0 radical (unpaired) electrons. The first-order valence-corrected chi connectivity index (χ1v) is 8.43. The third-order valence-corrected chi connectivity index (χ3v) is 4.37. The average Bonchev–Trinajstić information content (AvgIpc) is 3.08. The molecule has 0 saturated heterocycles. The molecule has 1 aliphatic heterocycles. The Morgan fingerprint density at radius 2 is 1.79 bits per heavy atom. The van der Waals surface area contributed by atoms with Crippen molar-refractivity contribution >= 4 is 23.2 Å². The summed E-state index contributed by atoms with van der Waals surface area (Å²) in [5.41, 5.74) is 5.92. The van der Waals surface area contributed by atoms with Gasteiger partial charge in [0.25, 0.3) is 5.91 Å². The van der Waals surface area contributed by atoms with Gasteiger partial charge in [-0.15, -0.1) is 0 Å². The van der Waals surface area contributed by atoms with Crippen LogP contribution in [0.3, 0.4) is 0 Å². The van der Waals surface area contributed by atoms with Crippen molar-refractivity contribution in [2.24, 2.45) is 10.8 Å². The number of hydrogen-bond acceptors (Lipinski definition) is 4. The van der Waals surface area contributed by atoms with Gasteiger partial charge in [0.05, 0.1) is 11.7 Å². The van der Waals surface area contributed by atoms with Crippen molar-refractivity contribution in [2.75, 3.05) is 5.01 Å². The zero-order valence-corrected chi connectivity index (χ0v) is 14.8. The third-order valence-electron chi connectivity index (χ3n) is 4.37. The lowest BCUT2D eigenvalue weighted by molar-refractivity contribution is -0.119. The fourth-order valence-corrected chi connectivity index (χ4v) is 2.91. The van der Waals surface area contributed by atoms with E-state index in [0.29, 0.717) is 5.69 Å². The number of anilines is 1. The first-order chi connectivity index (χ1) is 13.3. The van der Waals surface area contributed by atoms with E-state index in [0.717, 1.165) is 12.1 Å². The van der Waals surface area contributed by atoms with Crippen LogP contribution in [-0.2, 0) is 9.59 Å². The Bertz CT molecular complexity index is 947. The van der Waals surface area contributed by atoms with Crippen LogP contribution < -0.4 is 16.1 Å². The van der Waals surface area contributed by atoms with Crippen LogP contribution in [0.4, 0.5) is 18.9 Å². The van der Waals surface area contributed by atoms with E-state index >= 15 is 0 Å². The Labute approximate surface area is 158 Å². The quantitative estimate of drug-likeness (QED) is 0.822. The van der Waals surface area contributed by atoms with E-state index in [2.05, 4.69) is 10.4 Å². The van der Waals surface area contributed by atoms with Gasteiger partial charge >= 0.3 is 0 Å². The van der Waals surface area contributed by atoms with Gasteiger partial charge < -0.3 is 11.1 Å². The molecule has 2 unspecified atom stereocenters. The maximum atomic E-state index is 13.9. The van der Waals surface area contributed by atoms with E-state index in [4.69, 9.17) is 5.73 Å². The summed E-state index contributed by atoms with van der Waals surface area (Å²) < 4.78 is 40.1. The lowest BCUT2D eigenvalue weighted by Crippen LogP contribution is -2.40. The van der Waals surface area contributed by atoms with Crippen molar-refractivity contribution in [3.8, 4) is 0 Å². The predicted molar refractivity (Wildman–Crippen MR) is 96.8 cm³/mol. The number of carbonyl (C=O) groups is 2. The number of nitrogens with one attached hydrogen (secondary N) is 1. The van der Waals surface area contributed by atoms with E-state index in [9.17, 15) is 22.8 Å². The average molecular weight is 390 g/mol. The molecular weight excluding hydrogens is 373 g/mol. The molecule has 28 heavy (non-hydrogen) atoms. The molecule has 1 aliphatic rings. The van der Waals surface area contributed by atoms with Crippen molar-refractivity contribution in [2.45, 2.75) is 25.4 Å². The number of carbonyl (C=O) groups excluding carboxylic acids is 2. The topological polar surface area (TPSA) is 87.8 Å². The minimum atomic E-state index is -0.913. The number of nitrogens with two attached hydrogens (primary N) is 1. The summed E-state index contributed by atoms with van der Waals surface area (Å²) >= 11 is 0. The summed E-state index contributed by atoms with van der Waals surface area (Å²) in [6, 6.07) is 6.59. The molecule has 6 nitrogen and oxygen atoms in total. The normalized spacial score (nSPS) is 17.2. The maximum Gasteiger partial charge on any atom is 0.268 e. The molecule has 146 valence electrons. The monoisotopic (exact) mass is 390 g/mol. The lowest BCUT2D eigenvalue weighted by Gasteiger charge is -2.20. The second-order valence-corrected chi connectivity index (χ2v) is 6.35. The number of hydrogen-bond donors (Lipinski definition) is 2. The molecule has 2 aromatic rings. The molecule has 0 aromatic heterocycles.